The number of amides is 2. The molecule has 0 aromatic rings. The quantitative estimate of drug-likeness (QED) is 0.0282. The molecular formula is C40H79N3O6. The maximum atomic E-state index is 12.7. The van der Waals surface area contributed by atoms with Crippen LogP contribution in [0.4, 0.5) is 4.79 Å². The molecule has 9 nitrogen and oxygen atoms in total. The van der Waals surface area contributed by atoms with Crippen molar-refractivity contribution in [3.05, 3.63) is 12.2 Å². The van der Waals surface area contributed by atoms with E-state index in [9.17, 15) is 30.3 Å². The third kappa shape index (κ3) is 24.6. The number of aliphatic hydroxyl groups excluding tert-OH is 5. The van der Waals surface area contributed by atoms with Gasteiger partial charge in [-0.3, -0.25) is 0 Å². The first-order valence-corrected chi connectivity index (χ1v) is 20.6. The smallest absolute Gasteiger partial charge is 0.315 e. The van der Waals surface area contributed by atoms with Gasteiger partial charge in [-0.25, -0.2) is 4.79 Å². The maximum Gasteiger partial charge on any atom is 0.315 e. The second kappa shape index (κ2) is 31.5. The van der Waals surface area contributed by atoms with Gasteiger partial charge >= 0.3 is 6.03 Å². The van der Waals surface area contributed by atoms with Crippen LogP contribution in [-0.2, 0) is 0 Å². The molecule has 0 saturated carbocycles. The fourth-order valence-electron chi connectivity index (χ4n) is 6.73. The summed E-state index contributed by atoms with van der Waals surface area (Å²) in [5, 5.41) is 60.5. The SMILES string of the molecule is CCCCCCCCCCCCCCCCCCCCCCCCNC(=O)NC(CNC1/C=C\CCC(O)C(O)C1O)C(O)CC(O)CC. The highest BCUT2D eigenvalue weighted by atomic mass is 16.4. The minimum absolute atomic E-state index is 0.104. The van der Waals surface area contributed by atoms with Gasteiger partial charge in [-0.2, -0.15) is 0 Å². The molecule has 1 aliphatic carbocycles. The molecule has 0 aliphatic heterocycles. The zero-order valence-electron chi connectivity index (χ0n) is 31.6. The van der Waals surface area contributed by atoms with Crippen LogP contribution in [0.25, 0.3) is 0 Å². The van der Waals surface area contributed by atoms with Crippen molar-refractivity contribution in [1.29, 1.82) is 0 Å². The van der Waals surface area contributed by atoms with Crippen LogP contribution >= 0.6 is 0 Å². The number of carbonyl (C=O) groups excluding carboxylic acids is 1. The van der Waals surface area contributed by atoms with E-state index in [0.717, 1.165) is 12.8 Å². The van der Waals surface area contributed by atoms with Crippen molar-refractivity contribution in [3.8, 4) is 0 Å². The minimum atomic E-state index is -1.30. The molecule has 7 atom stereocenters. The molecule has 7 unspecified atom stereocenters. The number of hydrogen-bond acceptors (Lipinski definition) is 7. The second-order valence-electron chi connectivity index (χ2n) is 14.8. The Balaban J connectivity index is 2.10. The zero-order valence-corrected chi connectivity index (χ0v) is 31.6. The first-order chi connectivity index (χ1) is 23.8. The summed E-state index contributed by atoms with van der Waals surface area (Å²) in [4.78, 5) is 12.7. The minimum Gasteiger partial charge on any atom is -0.393 e. The van der Waals surface area contributed by atoms with Crippen molar-refractivity contribution >= 4 is 6.03 Å². The van der Waals surface area contributed by atoms with E-state index in [0.29, 0.717) is 25.8 Å². The fourth-order valence-corrected chi connectivity index (χ4v) is 6.73. The molecule has 0 heterocycles. The largest absolute Gasteiger partial charge is 0.393 e. The van der Waals surface area contributed by atoms with Gasteiger partial charge in [-0.05, 0) is 25.7 Å². The van der Waals surface area contributed by atoms with Crippen LogP contribution in [0, 0.1) is 0 Å². The van der Waals surface area contributed by atoms with Crippen LogP contribution in [0.1, 0.15) is 181 Å². The average Bonchev–Trinajstić information content (AvgIpc) is 3.09. The Morgan fingerprint density at radius 1 is 0.694 bits per heavy atom. The molecule has 290 valence electrons. The first kappa shape index (κ1) is 45.8. The summed E-state index contributed by atoms with van der Waals surface area (Å²) in [5.41, 5.74) is 0. The molecule has 0 saturated heterocycles. The van der Waals surface area contributed by atoms with Crippen molar-refractivity contribution < 1.29 is 30.3 Å². The van der Waals surface area contributed by atoms with Crippen LogP contribution < -0.4 is 16.0 Å². The number of hydrogen-bond donors (Lipinski definition) is 8. The molecule has 0 radical (unpaired) electrons. The number of rotatable bonds is 31. The lowest BCUT2D eigenvalue weighted by atomic mass is 9.94. The summed E-state index contributed by atoms with van der Waals surface area (Å²) >= 11 is 0. The summed E-state index contributed by atoms with van der Waals surface area (Å²) in [7, 11) is 0. The van der Waals surface area contributed by atoms with E-state index >= 15 is 0 Å². The molecule has 9 heteroatoms. The lowest BCUT2D eigenvalue weighted by Crippen LogP contribution is -2.57. The summed E-state index contributed by atoms with van der Waals surface area (Å²) in [6.07, 6.45) is 29.3. The maximum absolute atomic E-state index is 12.7. The van der Waals surface area contributed by atoms with Gasteiger partial charge in [0, 0.05) is 19.5 Å². The summed E-state index contributed by atoms with van der Waals surface area (Å²) in [6, 6.07) is -1.77. The van der Waals surface area contributed by atoms with Gasteiger partial charge in [0.2, 0.25) is 0 Å². The van der Waals surface area contributed by atoms with Crippen LogP contribution in [-0.4, -0.2) is 87.3 Å². The Labute approximate surface area is 300 Å². The average molecular weight is 698 g/mol. The summed E-state index contributed by atoms with van der Waals surface area (Å²) < 4.78 is 0. The van der Waals surface area contributed by atoms with E-state index in [1.807, 2.05) is 13.0 Å². The molecule has 0 fully saturated rings. The monoisotopic (exact) mass is 698 g/mol. The molecule has 0 spiro atoms. The van der Waals surface area contributed by atoms with Crippen molar-refractivity contribution in [3.63, 3.8) is 0 Å². The predicted molar refractivity (Wildman–Crippen MR) is 203 cm³/mol. The second-order valence-corrected chi connectivity index (χ2v) is 14.8. The molecule has 1 aliphatic rings. The lowest BCUT2D eigenvalue weighted by molar-refractivity contribution is -0.0703. The Bertz CT molecular complexity index is 787. The fraction of sp³-hybridized carbons (Fsp3) is 0.925. The zero-order chi connectivity index (χ0) is 36.0. The molecule has 0 aromatic carbocycles. The Morgan fingerprint density at radius 2 is 1.16 bits per heavy atom. The van der Waals surface area contributed by atoms with Gasteiger partial charge in [0.25, 0.3) is 0 Å². The lowest BCUT2D eigenvalue weighted by Gasteiger charge is -2.32. The highest BCUT2D eigenvalue weighted by molar-refractivity contribution is 5.74. The summed E-state index contributed by atoms with van der Waals surface area (Å²) in [5.74, 6) is 0. The summed E-state index contributed by atoms with van der Waals surface area (Å²) in [6.45, 7) is 4.77. The normalized spacial score (nSPS) is 22.2. The van der Waals surface area contributed by atoms with Gasteiger partial charge in [-0.15, -0.1) is 0 Å². The van der Waals surface area contributed by atoms with Crippen LogP contribution in [0.15, 0.2) is 12.2 Å². The van der Waals surface area contributed by atoms with Crippen LogP contribution in [0.2, 0.25) is 0 Å². The highest BCUT2D eigenvalue weighted by Gasteiger charge is 2.32. The van der Waals surface area contributed by atoms with Crippen LogP contribution in [0.3, 0.4) is 0 Å². The highest BCUT2D eigenvalue weighted by Crippen LogP contribution is 2.17. The number of allylic oxidation sites excluding steroid dienone is 1. The Morgan fingerprint density at radius 3 is 1.63 bits per heavy atom. The first-order valence-electron chi connectivity index (χ1n) is 20.6. The number of carbonyl (C=O) groups is 1. The van der Waals surface area contributed by atoms with Gasteiger partial charge < -0.3 is 41.5 Å². The van der Waals surface area contributed by atoms with Gasteiger partial charge in [0.1, 0.15) is 12.2 Å². The van der Waals surface area contributed by atoms with E-state index in [1.54, 1.807) is 6.08 Å². The van der Waals surface area contributed by atoms with Crippen molar-refractivity contribution in [2.24, 2.45) is 0 Å². The Hall–Kier alpha value is -1.23. The molecule has 2 amide bonds. The molecule has 8 N–H and O–H groups in total. The standard InChI is InChI=1S/C40H79N3O6/c1-3-5-6-7-8-9-10-11-12-13-14-15-16-17-18-19-20-21-22-23-24-27-30-41-40(49)43-35(37(46)31-33(44)4-2)32-42-34-28-25-26-29-36(45)39(48)38(34)47/h25,28,33-39,42,44-48H,3-24,26-27,29-32H2,1-2H3,(H2,41,43,49)/b28-25-. The van der Waals surface area contributed by atoms with Gasteiger partial charge in [-0.1, -0.05) is 161 Å². The number of urea groups is 1. The van der Waals surface area contributed by atoms with Crippen LogP contribution in [0.5, 0.6) is 0 Å². The number of unbranched alkanes of at least 4 members (excludes halogenated alkanes) is 21. The molecule has 0 aromatic heterocycles. The number of nitrogens with one attached hydrogen (secondary N) is 3. The van der Waals surface area contributed by atoms with Gasteiger partial charge in [0.05, 0.1) is 30.4 Å². The van der Waals surface area contributed by atoms with Crippen molar-refractivity contribution in [2.45, 2.75) is 223 Å². The van der Waals surface area contributed by atoms with Crippen molar-refractivity contribution in [1.82, 2.24) is 16.0 Å². The molecule has 49 heavy (non-hydrogen) atoms. The van der Waals surface area contributed by atoms with E-state index in [1.165, 1.54) is 128 Å². The third-order valence-corrected chi connectivity index (χ3v) is 10.2. The molecule has 1 rings (SSSR count). The molecular weight excluding hydrogens is 618 g/mol. The van der Waals surface area contributed by atoms with E-state index < -0.39 is 42.6 Å². The molecule has 0 bridgehead atoms. The Kier molecular flexibility index (Phi) is 29.4. The number of aliphatic hydroxyl groups is 5. The van der Waals surface area contributed by atoms with E-state index in [-0.39, 0.29) is 19.0 Å². The third-order valence-electron chi connectivity index (χ3n) is 10.2. The van der Waals surface area contributed by atoms with E-state index in [2.05, 4.69) is 22.9 Å². The van der Waals surface area contributed by atoms with Crippen molar-refractivity contribution in [2.75, 3.05) is 13.1 Å². The topological polar surface area (TPSA) is 154 Å². The van der Waals surface area contributed by atoms with Gasteiger partial charge in [0.15, 0.2) is 0 Å². The van der Waals surface area contributed by atoms with E-state index in [4.69, 9.17) is 0 Å². The predicted octanol–water partition coefficient (Wildman–Crippen LogP) is 7.17.